The molecule has 1 atom stereocenters. The first kappa shape index (κ1) is 15.8. The third-order valence-corrected chi connectivity index (χ3v) is 4.77. The Kier molecular flexibility index (Phi) is 4.42. The number of hydrogen-bond donors (Lipinski definition) is 0. The van der Waals surface area contributed by atoms with E-state index < -0.39 is 0 Å². The summed E-state index contributed by atoms with van der Waals surface area (Å²) in [4.78, 5) is 0. The molecular weight excluding hydrogens is 340 g/mol. The van der Waals surface area contributed by atoms with Crippen LogP contribution in [-0.4, -0.2) is 16.4 Å². The van der Waals surface area contributed by atoms with Gasteiger partial charge in [0.05, 0.1) is 11.4 Å². The highest BCUT2D eigenvalue weighted by Crippen LogP contribution is 2.35. The van der Waals surface area contributed by atoms with Gasteiger partial charge in [0.2, 0.25) is 0 Å². The van der Waals surface area contributed by atoms with E-state index in [0.717, 1.165) is 35.3 Å². The minimum absolute atomic E-state index is 0.0237. The van der Waals surface area contributed by atoms with Crippen LogP contribution in [0.25, 0.3) is 11.3 Å². The van der Waals surface area contributed by atoms with Crippen molar-refractivity contribution in [2.75, 3.05) is 6.61 Å². The highest BCUT2D eigenvalue weighted by Gasteiger charge is 2.26. The minimum Gasteiger partial charge on any atom is -0.356 e. The number of nitrogens with zero attached hydrogens (tertiary/aromatic N) is 2. The Morgan fingerprint density at radius 3 is 2.64 bits per heavy atom. The zero-order valence-corrected chi connectivity index (χ0v) is 15.1. The normalized spacial score (nSPS) is 19.4. The van der Waals surface area contributed by atoms with E-state index in [1.54, 1.807) is 0 Å². The van der Waals surface area contributed by atoms with E-state index in [9.17, 15) is 0 Å². The Labute approximate surface area is 140 Å². The molecule has 22 heavy (non-hydrogen) atoms. The summed E-state index contributed by atoms with van der Waals surface area (Å²) in [7, 11) is 0. The van der Waals surface area contributed by atoms with Crippen molar-refractivity contribution in [2.45, 2.75) is 51.7 Å². The number of rotatable bonds is 2. The zero-order valence-electron chi connectivity index (χ0n) is 13.5. The molecule has 2 aromatic rings. The number of halogens is 1. The maximum Gasteiger partial charge on any atom is 0.150 e. The second kappa shape index (κ2) is 6.17. The molecule has 0 radical (unpaired) electrons. The second-order valence-corrected chi connectivity index (χ2v) is 7.76. The Balaban J connectivity index is 2.10. The maximum absolute atomic E-state index is 5.98. The smallest absolute Gasteiger partial charge is 0.150 e. The number of ether oxygens (including phenoxy) is 1. The van der Waals surface area contributed by atoms with Gasteiger partial charge in [0.25, 0.3) is 0 Å². The van der Waals surface area contributed by atoms with Crippen molar-refractivity contribution in [1.29, 1.82) is 0 Å². The average Bonchev–Trinajstić information content (AvgIpc) is 2.94. The molecule has 1 saturated heterocycles. The second-order valence-electron chi connectivity index (χ2n) is 6.91. The van der Waals surface area contributed by atoms with Crippen molar-refractivity contribution < 1.29 is 4.74 Å². The zero-order chi connectivity index (χ0) is 15.7. The summed E-state index contributed by atoms with van der Waals surface area (Å²) in [5, 5.41) is 4.89. The fourth-order valence-corrected chi connectivity index (χ4v) is 3.26. The van der Waals surface area contributed by atoms with Gasteiger partial charge in [-0.3, -0.25) is 0 Å². The van der Waals surface area contributed by atoms with E-state index in [1.807, 2.05) is 6.07 Å². The topological polar surface area (TPSA) is 27.1 Å². The molecule has 1 unspecified atom stereocenters. The summed E-state index contributed by atoms with van der Waals surface area (Å²) >= 11 is 3.67. The SMILES string of the molecule is CC(C)(C)c1cc(-c2ccccc2Br)n(C2CCCCO2)n1. The van der Waals surface area contributed by atoms with Crippen molar-refractivity contribution in [3.8, 4) is 11.3 Å². The lowest BCUT2D eigenvalue weighted by molar-refractivity contribution is -0.0387. The summed E-state index contributed by atoms with van der Waals surface area (Å²) in [5.74, 6) is 0. The van der Waals surface area contributed by atoms with Crippen LogP contribution in [0.2, 0.25) is 0 Å². The van der Waals surface area contributed by atoms with Crippen LogP contribution in [0.5, 0.6) is 0 Å². The molecule has 0 spiro atoms. The molecule has 3 nitrogen and oxygen atoms in total. The quantitative estimate of drug-likeness (QED) is 0.723. The first-order chi connectivity index (χ1) is 10.5. The Hall–Kier alpha value is -1.13. The number of hydrogen-bond acceptors (Lipinski definition) is 2. The maximum atomic E-state index is 5.98. The lowest BCUT2D eigenvalue weighted by Crippen LogP contribution is -2.21. The van der Waals surface area contributed by atoms with Crippen LogP contribution in [0, 0.1) is 0 Å². The number of benzene rings is 1. The van der Waals surface area contributed by atoms with Gasteiger partial charge >= 0.3 is 0 Å². The fourth-order valence-electron chi connectivity index (χ4n) is 2.77. The molecule has 0 bridgehead atoms. The van der Waals surface area contributed by atoms with Crippen LogP contribution in [-0.2, 0) is 10.2 Å². The Morgan fingerprint density at radius 2 is 2.00 bits per heavy atom. The van der Waals surface area contributed by atoms with Gasteiger partial charge in [-0.15, -0.1) is 0 Å². The molecule has 1 aromatic heterocycles. The van der Waals surface area contributed by atoms with Crippen LogP contribution in [0.15, 0.2) is 34.8 Å². The van der Waals surface area contributed by atoms with Gasteiger partial charge in [-0.05, 0) is 31.4 Å². The molecule has 0 amide bonds. The summed E-state index contributed by atoms with van der Waals surface area (Å²) in [6.07, 6.45) is 3.42. The summed E-state index contributed by atoms with van der Waals surface area (Å²) < 4.78 is 9.15. The molecule has 1 aliphatic rings. The van der Waals surface area contributed by atoms with Crippen LogP contribution in [0.3, 0.4) is 0 Å². The predicted molar refractivity (Wildman–Crippen MR) is 92.9 cm³/mol. The lowest BCUT2D eigenvalue weighted by atomic mass is 9.92. The largest absolute Gasteiger partial charge is 0.356 e. The minimum atomic E-state index is 0.0237. The van der Waals surface area contributed by atoms with Gasteiger partial charge in [-0.1, -0.05) is 54.9 Å². The average molecular weight is 363 g/mol. The van der Waals surface area contributed by atoms with Gasteiger partial charge in [0.1, 0.15) is 0 Å². The Morgan fingerprint density at radius 1 is 1.23 bits per heavy atom. The standard InChI is InChI=1S/C18H23BrN2O/c1-18(2,3)16-12-15(13-8-4-5-9-14(13)19)21(20-16)17-10-6-7-11-22-17/h4-5,8-9,12,17H,6-7,10-11H2,1-3H3. The molecule has 0 N–H and O–H groups in total. The van der Waals surface area contributed by atoms with Crippen molar-refractivity contribution in [3.63, 3.8) is 0 Å². The summed E-state index contributed by atoms with van der Waals surface area (Å²) in [6, 6.07) is 10.5. The third-order valence-electron chi connectivity index (χ3n) is 4.08. The van der Waals surface area contributed by atoms with Crippen molar-refractivity contribution in [1.82, 2.24) is 9.78 Å². The van der Waals surface area contributed by atoms with E-state index in [-0.39, 0.29) is 11.6 Å². The molecule has 4 heteroatoms. The monoisotopic (exact) mass is 362 g/mol. The molecule has 1 aliphatic heterocycles. The van der Waals surface area contributed by atoms with Gasteiger partial charge in [-0.25, -0.2) is 4.68 Å². The van der Waals surface area contributed by atoms with Crippen molar-refractivity contribution in [3.05, 3.63) is 40.5 Å². The molecule has 118 valence electrons. The molecule has 0 aliphatic carbocycles. The predicted octanol–water partition coefficient (Wildman–Crippen LogP) is 5.31. The van der Waals surface area contributed by atoms with Gasteiger partial charge in [-0.2, -0.15) is 5.10 Å². The summed E-state index contributed by atoms with van der Waals surface area (Å²) in [6.45, 7) is 7.42. The van der Waals surface area contributed by atoms with Gasteiger partial charge in [0, 0.05) is 22.1 Å². The molecule has 3 rings (SSSR count). The van der Waals surface area contributed by atoms with Crippen LogP contribution >= 0.6 is 15.9 Å². The van der Waals surface area contributed by atoms with Crippen LogP contribution < -0.4 is 0 Å². The van der Waals surface area contributed by atoms with E-state index in [2.05, 4.69) is 65.6 Å². The lowest BCUT2D eigenvalue weighted by Gasteiger charge is -2.25. The summed E-state index contributed by atoms with van der Waals surface area (Å²) in [5.41, 5.74) is 3.42. The van der Waals surface area contributed by atoms with E-state index >= 15 is 0 Å². The molecule has 1 aromatic carbocycles. The highest BCUT2D eigenvalue weighted by atomic mass is 79.9. The molecular formula is C18H23BrN2O. The van der Waals surface area contributed by atoms with Gasteiger partial charge < -0.3 is 4.74 Å². The van der Waals surface area contributed by atoms with E-state index in [4.69, 9.17) is 9.84 Å². The van der Waals surface area contributed by atoms with Crippen LogP contribution in [0.1, 0.15) is 52.0 Å². The fraction of sp³-hybridized carbons (Fsp3) is 0.500. The van der Waals surface area contributed by atoms with E-state index in [0.29, 0.717) is 0 Å². The van der Waals surface area contributed by atoms with Crippen LogP contribution in [0.4, 0.5) is 0 Å². The van der Waals surface area contributed by atoms with Crippen molar-refractivity contribution in [2.24, 2.45) is 0 Å². The first-order valence-electron chi connectivity index (χ1n) is 7.93. The van der Waals surface area contributed by atoms with Gasteiger partial charge in [0.15, 0.2) is 6.23 Å². The van der Waals surface area contributed by atoms with E-state index in [1.165, 1.54) is 12.0 Å². The van der Waals surface area contributed by atoms with Crippen molar-refractivity contribution >= 4 is 15.9 Å². The third kappa shape index (κ3) is 3.13. The molecule has 0 saturated carbocycles. The molecule has 1 fully saturated rings. The first-order valence-corrected chi connectivity index (χ1v) is 8.72. The number of aromatic nitrogens is 2. The molecule has 2 heterocycles. The Bertz CT molecular complexity index is 651. The highest BCUT2D eigenvalue weighted by molar-refractivity contribution is 9.10.